The van der Waals surface area contributed by atoms with Crippen LogP contribution >= 0.6 is 0 Å². The summed E-state index contributed by atoms with van der Waals surface area (Å²) in [6.45, 7) is 2.72. The molecule has 0 amide bonds. The lowest BCUT2D eigenvalue weighted by Gasteiger charge is -2.09. The van der Waals surface area contributed by atoms with Gasteiger partial charge in [-0.15, -0.1) is 0 Å². The number of carbonyl (C=O) groups is 2. The van der Waals surface area contributed by atoms with E-state index in [1.807, 2.05) is 0 Å². The van der Waals surface area contributed by atoms with Gasteiger partial charge in [-0.2, -0.15) is 0 Å². The zero-order valence-corrected chi connectivity index (χ0v) is 12.0. The molecule has 0 fully saturated rings. The minimum atomic E-state index is -0.712. The van der Waals surface area contributed by atoms with Crippen molar-refractivity contribution in [2.75, 3.05) is 6.54 Å². The number of ether oxygens (including phenoxy) is 1. The van der Waals surface area contributed by atoms with Crippen LogP contribution in [0.25, 0.3) is 0 Å². The summed E-state index contributed by atoms with van der Waals surface area (Å²) >= 11 is 0. The van der Waals surface area contributed by atoms with Crippen molar-refractivity contribution in [3.63, 3.8) is 0 Å². The highest BCUT2D eigenvalue weighted by molar-refractivity contribution is 5.88. The first-order valence-electron chi connectivity index (χ1n) is 7.32. The molecule has 0 rings (SSSR count). The normalized spacial score (nSPS) is 12.2. The van der Waals surface area contributed by atoms with Crippen LogP contribution in [0.1, 0.15) is 64.7 Å². The predicted molar refractivity (Wildman–Crippen MR) is 75.4 cm³/mol. The second-order valence-electron chi connectivity index (χ2n) is 4.85. The van der Waals surface area contributed by atoms with Gasteiger partial charge in [-0.1, -0.05) is 39.0 Å². The van der Waals surface area contributed by atoms with E-state index in [2.05, 4.69) is 6.92 Å². The molecule has 0 bridgehead atoms. The van der Waals surface area contributed by atoms with Crippen molar-refractivity contribution < 1.29 is 14.3 Å². The molecule has 5 heteroatoms. The first-order chi connectivity index (χ1) is 9.11. The van der Waals surface area contributed by atoms with Crippen LogP contribution in [0.2, 0.25) is 0 Å². The van der Waals surface area contributed by atoms with Gasteiger partial charge >= 0.3 is 11.9 Å². The summed E-state index contributed by atoms with van der Waals surface area (Å²) in [6.07, 6.45) is 7.65. The van der Waals surface area contributed by atoms with Gasteiger partial charge < -0.3 is 16.2 Å². The molecule has 0 aliphatic heterocycles. The number of hydrogen-bond acceptors (Lipinski definition) is 5. The average molecular weight is 272 g/mol. The molecule has 0 spiro atoms. The van der Waals surface area contributed by atoms with E-state index < -0.39 is 18.0 Å². The molecule has 112 valence electrons. The third-order valence-electron chi connectivity index (χ3n) is 2.97. The van der Waals surface area contributed by atoms with Gasteiger partial charge in [0.2, 0.25) is 0 Å². The summed E-state index contributed by atoms with van der Waals surface area (Å²) in [5.74, 6) is -1.08. The molecule has 0 aromatic rings. The number of nitrogens with two attached hydrogens (primary N) is 2. The van der Waals surface area contributed by atoms with Crippen LogP contribution in [0.4, 0.5) is 0 Å². The summed E-state index contributed by atoms with van der Waals surface area (Å²) in [4.78, 5) is 22.9. The number of rotatable bonds is 11. The fourth-order valence-corrected chi connectivity index (χ4v) is 1.74. The van der Waals surface area contributed by atoms with Crippen molar-refractivity contribution in [1.29, 1.82) is 0 Å². The minimum absolute atomic E-state index is 0.297. The summed E-state index contributed by atoms with van der Waals surface area (Å²) in [5, 5.41) is 0. The van der Waals surface area contributed by atoms with Crippen molar-refractivity contribution in [2.45, 2.75) is 70.8 Å². The molecule has 1 unspecified atom stereocenters. The molecule has 0 saturated heterocycles. The zero-order chi connectivity index (χ0) is 14.5. The Kier molecular flexibility index (Phi) is 11.5. The molecule has 19 heavy (non-hydrogen) atoms. The van der Waals surface area contributed by atoms with Crippen molar-refractivity contribution in [1.82, 2.24) is 0 Å². The van der Waals surface area contributed by atoms with E-state index in [1.54, 1.807) is 0 Å². The second kappa shape index (κ2) is 12.1. The van der Waals surface area contributed by atoms with Crippen LogP contribution in [0.3, 0.4) is 0 Å². The van der Waals surface area contributed by atoms with Crippen LogP contribution in [-0.4, -0.2) is 24.5 Å². The maximum Gasteiger partial charge on any atom is 0.330 e. The first kappa shape index (κ1) is 18.1. The zero-order valence-electron chi connectivity index (χ0n) is 12.0. The Labute approximate surface area is 116 Å². The number of unbranched alkanes of at least 4 members (excludes halogenated alkanes) is 5. The van der Waals surface area contributed by atoms with Crippen molar-refractivity contribution in [3.05, 3.63) is 0 Å². The predicted octanol–water partition coefficient (Wildman–Crippen LogP) is 1.87. The Balaban J connectivity index is 3.64. The van der Waals surface area contributed by atoms with E-state index >= 15 is 0 Å². The lowest BCUT2D eigenvalue weighted by Crippen LogP contribution is -2.33. The molecule has 1 atom stereocenters. The molecule has 0 aromatic heterocycles. The Bertz CT molecular complexity index is 257. The highest BCUT2D eigenvalue weighted by Gasteiger charge is 2.17. The Morgan fingerprint density at radius 2 is 1.74 bits per heavy atom. The van der Waals surface area contributed by atoms with Crippen LogP contribution in [0.5, 0.6) is 0 Å². The van der Waals surface area contributed by atoms with Gasteiger partial charge in [0.05, 0.1) is 0 Å². The molecule has 0 aliphatic carbocycles. The van der Waals surface area contributed by atoms with Crippen molar-refractivity contribution in [3.8, 4) is 0 Å². The van der Waals surface area contributed by atoms with Crippen LogP contribution in [0, 0.1) is 0 Å². The standard InChI is InChI=1S/C14H28N2O3/c1-2-3-4-5-6-10-13(17)19-14(18)12(16)9-7-8-11-15/h12H,2-11,15-16H2,1H3. The van der Waals surface area contributed by atoms with Gasteiger partial charge in [0.25, 0.3) is 0 Å². The van der Waals surface area contributed by atoms with E-state index in [0.29, 0.717) is 19.4 Å². The van der Waals surface area contributed by atoms with E-state index in [0.717, 1.165) is 32.1 Å². The number of esters is 2. The van der Waals surface area contributed by atoms with Crippen molar-refractivity contribution >= 4 is 11.9 Å². The summed E-state index contributed by atoms with van der Waals surface area (Å²) in [6, 6.07) is -0.712. The Hall–Kier alpha value is -0.940. The third kappa shape index (κ3) is 10.7. The second-order valence-corrected chi connectivity index (χ2v) is 4.85. The Morgan fingerprint density at radius 3 is 2.37 bits per heavy atom. The SMILES string of the molecule is CCCCCCCC(=O)OC(=O)C(N)CCCCN. The smallest absolute Gasteiger partial charge is 0.330 e. The molecule has 4 N–H and O–H groups in total. The maximum atomic E-state index is 11.5. The lowest BCUT2D eigenvalue weighted by atomic mass is 10.1. The molecule has 5 nitrogen and oxygen atoms in total. The fourth-order valence-electron chi connectivity index (χ4n) is 1.74. The van der Waals surface area contributed by atoms with E-state index in [-0.39, 0.29) is 0 Å². The molecule has 0 aromatic carbocycles. The van der Waals surface area contributed by atoms with E-state index in [1.165, 1.54) is 12.8 Å². The fraction of sp³-hybridized carbons (Fsp3) is 0.857. The highest BCUT2D eigenvalue weighted by atomic mass is 16.6. The highest BCUT2D eigenvalue weighted by Crippen LogP contribution is 2.07. The lowest BCUT2D eigenvalue weighted by molar-refractivity contribution is -0.160. The van der Waals surface area contributed by atoms with Crippen LogP contribution in [-0.2, 0) is 14.3 Å². The number of hydrogen-bond donors (Lipinski definition) is 2. The monoisotopic (exact) mass is 272 g/mol. The summed E-state index contributed by atoms with van der Waals surface area (Å²) in [7, 11) is 0. The van der Waals surface area contributed by atoms with Gasteiger partial charge in [-0.25, -0.2) is 4.79 Å². The Morgan fingerprint density at radius 1 is 1.05 bits per heavy atom. The van der Waals surface area contributed by atoms with Gasteiger partial charge in [0.15, 0.2) is 0 Å². The average Bonchev–Trinajstić information content (AvgIpc) is 2.38. The maximum absolute atomic E-state index is 11.5. The molecular formula is C14H28N2O3. The molecule has 0 saturated carbocycles. The largest absolute Gasteiger partial charge is 0.392 e. The van der Waals surface area contributed by atoms with Crippen LogP contribution in [0.15, 0.2) is 0 Å². The van der Waals surface area contributed by atoms with Gasteiger partial charge in [-0.3, -0.25) is 4.79 Å². The van der Waals surface area contributed by atoms with Gasteiger partial charge in [0, 0.05) is 6.42 Å². The summed E-state index contributed by atoms with van der Waals surface area (Å²) in [5.41, 5.74) is 11.0. The topological polar surface area (TPSA) is 95.4 Å². The minimum Gasteiger partial charge on any atom is -0.392 e. The first-order valence-corrected chi connectivity index (χ1v) is 7.32. The van der Waals surface area contributed by atoms with Crippen molar-refractivity contribution in [2.24, 2.45) is 11.5 Å². The molecule has 0 radical (unpaired) electrons. The third-order valence-corrected chi connectivity index (χ3v) is 2.97. The van der Waals surface area contributed by atoms with Gasteiger partial charge in [-0.05, 0) is 25.8 Å². The summed E-state index contributed by atoms with van der Waals surface area (Å²) < 4.78 is 4.72. The molecular weight excluding hydrogens is 244 g/mol. The van der Waals surface area contributed by atoms with Gasteiger partial charge in [0.1, 0.15) is 6.04 Å². The van der Waals surface area contributed by atoms with E-state index in [4.69, 9.17) is 16.2 Å². The molecule has 0 aliphatic rings. The number of carbonyl (C=O) groups excluding carboxylic acids is 2. The van der Waals surface area contributed by atoms with E-state index in [9.17, 15) is 9.59 Å². The quantitative estimate of drug-likeness (QED) is 0.340. The van der Waals surface area contributed by atoms with Crippen LogP contribution < -0.4 is 11.5 Å². The molecule has 0 heterocycles.